The van der Waals surface area contributed by atoms with Crippen LogP contribution in [0.2, 0.25) is 0 Å². The first kappa shape index (κ1) is 16.8. The molecule has 0 aliphatic carbocycles. The standard InChI is InChI=1S/C18H27NO3/c1-5-14-12-16(20)15(11-13-9-7-6-8-10-13)19(14)17(21)22-18(2,3)4/h6-10,14-16,20H,5,11-12H2,1-4H3. The number of hydrogen-bond acceptors (Lipinski definition) is 3. The van der Waals surface area contributed by atoms with Gasteiger partial charge in [0.15, 0.2) is 0 Å². The van der Waals surface area contributed by atoms with Crippen molar-refractivity contribution >= 4 is 6.09 Å². The van der Waals surface area contributed by atoms with Gasteiger partial charge in [-0.2, -0.15) is 0 Å². The van der Waals surface area contributed by atoms with Crippen LogP contribution in [-0.2, 0) is 11.2 Å². The Morgan fingerprint density at radius 3 is 2.50 bits per heavy atom. The Balaban J connectivity index is 2.19. The third-order valence-electron chi connectivity index (χ3n) is 4.07. The van der Waals surface area contributed by atoms with Crippen LogP contribution in [0.4, 0.5) is 4.79 Å². The minimum atomic E-state index is -0.528. The highest BCUT2D eigenvalue weighted by molar-refractivity contribution is 5.69. The molecular formula is C18H27NO3. The molecule has 3 unspecified atom stereocenters. The second-order valence-electron chi connectivity index (χ2n) is 7.01. The van der Waals surface area contributed by atoms with Gasteiger partial charge in [-0.1, -0.05) is 37.3 Å². The Morgan fingerprint density at radius 1 is 1.32 bits per heavy atom. The highest BCUT2D eigenvalue weighted by Gasteiger charge is 2.43. The van der Waals surface area contributed by atoms with Crippen molar-refractivity contribution < 1.29 is 14.6 Å². The molecule has 1 saturated heterocycles. The molecule has 0 saturated carbocycles. The first-order chi connectivity index (χ1) is 10.3. The maximum Gasteiger partial charge on any atom is 0.410 e. The lowest BCUT2D eigenvalue weighted by Crippen LogP contribution is -2.46. The summed E-state index contributed by atoms with van der Waals surface area (Å²) in [6.45, 7) is 7.64. The number of nitrogens with zero attached hydrogens (tertiary/aromatic N) is 1. The lowest BCUT2D eigenvalue weighted by Gasteiger charge is -2.32. The van der Waals surface area contributed by atoms with Gasteiger partial charge in [-0.3, -0.25) is 4.90 Å². The molecule has 1 aliphatic rings. The Kier molecular flexibility index (Phi) is 5.12. The van der Waals surface area contributed by atoms with Crippen molar-refractivity contribution in [2.24, 2.45) is 0 Å². The van der Waals surface area contributed by atoms with Gasteiger partial charge in [0.25, 0.3) is 0 Å². The molecule has 1 N–H and O–H groups in total. The van der Waals surface area contributed by atoms with Gasteiger partial charge in [0.2, 0.25) is 0 Å². The molecule has 1 aliphatic heterocycles. The maximum absolute atomic E-state index is 12.6. The van der Waals surface area contributed by atoms with E-state index in [1.165, 1.54) is 0 Å². The fraction of sp³-hybridized carbons (Fsp3) is 0.611. The maximum atomic E-state index is 12.6. The summed E-state index contributed by atoms with van der Waals surface area (Å²) in [7, 11) is 0. The number of likely N-dealkylation sites (tertiary alicyclic amines) is 1. The van der Waals surface area contributed by atoms with Gasteiger partial charge in [0.1, 0.15) is 5.60 Å². The highest BCUT2D eigenvalue weighted by Crippen LogP contribution is 2.30. The van der Waals surface area contributed by atoms with Gasteiger partial charge in [0.05, 0.1) is 12.1 Å². The third kappa shape index (κ3) is 4.01. The molecule has 0 radical (unpaired) electrons. The van der Waals surface area contributed by atoms with Crippen LogP contribution in [0.25, 0.3) is 0 Å². The molecule has 3 atom stereocenters. The van der Waals surface area contributed by atoms with Gasteiger partial charge >= 0.3 is 6.09 Å². The summed E-state index contributed by atoms with van der Waals surface area (Å²) >= 11 is 0. The van der Waals surface area contributed by atoms with Crippen molar-refractivity contribution in [1.82, 2.24) is 4.90 Å². The van der Waals surface area contributed by atoms with Gasteiger partial charge in [-0.25, -0.2) is 4.79 Å². The lowest BCUT2D eigenvalue weighted by molar-refractivity contribution is 0.00848. The summed E-state index contributed by atoms with van der Waals surface area (Å²) in [6, 6.07) is 9.80. The Labute approximate surface area is 133 Å². The molecular weight excluding hydrogens is 278 g/mol. The number of aliphatic hydroxyl groups is 1. The molecule has 122 valence electrons. The summed E-state index contributed by atoms with van der Waals surface area (Å²) in [5.41, 5.74) is 0.595. The Bertz CT molecular complexity index is 495. The summed E-state index contributed by atoms with van der Waals surface area (Å²) in [4.78, 5) is 14.3. The van der Waals surface area contributed by atoms with Crippen LogP contribution in [-0.4, -0.2) is 39.9 Å². The molecule has 1 aromatic carbocycles. The van der Waals surface area contributed by atoms with Crippen LogP contribution in [0.1, 0.15) is 46.1 Å². The van der Waals surface area contributed by atoms with E-state index in [4.69, 9.17) is 4.74 Å². The van der Waals surface area contributed by atoms with Crippen LogP contribution in [0.15, 0.2) is 30.3 Å². The quantitative estimate of drug-likeness (QED) is 0.931. The Hall–Kier alpha value is -1.55. The van der Waals surface area contributed by atoms with Crippen LogP contribution in [0, 0.1) is 0 Å². The second kappa shape index (κ2) is 6.69. The van der Waals surface area contributed by atoms with E-state index in [2.05, 4.69) is 0 Å². The smallest absolute Gasteiger partial charge is 0.410 e. The predicted octanol–water partition coefficient (Wildman–Crippen LogP) is 3.38. The van der Waals surface area contributed by atoms with Gasteiger partial charge < -0.3 is 9.84 Å². The zero-order valence-corrected chi connectivity index (χ0v) is 14.0. The minimum Gasteiger partial charge on any atom is -0.444 e. The normalized spacial score (nSPS) is 25.3. The third-order valence-corrected chi connectivity index (χ3v) is 4.07. The molecule has 2 rings (SSSR count). The fourth-order valence-corrected chi connectivity index (χ4v) is 3.06. The number of benzene rings is 1. The molecule has 0 aromatic heterocycles. The number of carbonyl (C=O) groups is 1. The number of carbonyl (C=O) groups excluding carboxylic acids is 1. The van der Waals surface area contributed by atoms with E-state index in [1.807, 2.05) is 58.0 Å². The van der Waals surface area contributed by atoms with Crippen LogP contribution < -0.4 is 0 Å². The summed E-state index contributed by atoms with van der Waals surface area (Å²) in [6.07, 6.45) is 1.27. The monoisotopic (exact) mass is 305 g/mol. The van der Waals surface area contributed by atoms with Crippen LogP contribution in [0.5, 0.6) is 0 Å². The molecule has 1 aromatic rings. The van der Waals surface area contributed by atoms with E-state index in [0.29, 0.717) is 12.8 Å². The molecule has 4 heteroatoms. The molecule has 4 nitrogen and oxygen atoms in total. The number of aliphatic hydroxyl groups excluding tert-OH is 1. The number of rotatable bonds is 3. The summed E-state index contributed by atoms with van der Waals surface area (Å²) < 4.78 is 5.55. The van der Waals surface area contributed by atoms with Crippen molar-refractivity contribution in [2.75, 3.05) is 0 Å². The van der Waals surface area contributed by atoms with E-state index in [9.17, 15) is 9.90 Å². The van der Waals surface area contributed by atoms with Gasteiger partial charge in [-0.15, -0.1) is 0 Å². The number of hydrogen-bond donors (Lipinski definition) is 1. The average molecular weight is 305 g/mol. The van der Waals surface area contributed by atoms with Crippen LogP contribution >= 0.6 is 0 Å². The molecule has 22 heavy (non-hydrogen) atoms. The summed E-state index contributed by atoms with van der Waals surface area (Å²) in [5.74, 6) is 0. The van der Waals surface area contributed by atoms with Crippen molar-refractivity contribution in [1.29, 1.82) is 0 Å². The average Bonchev–Trinajstić information content (AvgIpc) is 2.75. The lowest BCUT2D eigenvalue weighted by atomic mass is 10.0. The molecule has 0 bridgehead atoms. The van der Waals surface area contributed by atoms with Crippen molar-refractivity contribution in [3.05, 3.63) is 35.9 Å². The fourth-order valence-electron chi connectivity index (χ4n) is 3.06. The van der Waals surface area contributed by atoms with E-state index >= 15 is 0 Å². The van der Waals surface area contributed by atoms with E-state index in [0.717, 1.165) is 12.0 Å². The number of amides is 1. The van der Waals surface area contributed by atoms with Crippen molar-refractivity contribution in [3.8, 4) is 0 Å². The zero-order chi connectivity index (χ0) is 16.3. The van der Waals surface area contributed by atoms with Gasteiger partial charge in [0, 0.05) is 6.04 Å². The van der Waals surface area contributed by atoms with E-state index < -0.39 is 11.7 Å². The van der Waals surface area contributed by atoms with Gasteiger partial charge in [-0.05, 0) is 45.6 Å². The van der Waals surface area contributed by atoms with Crippen LogP contribution in [0.3, 0.4) is 0 Å². The molecule has 1 heterocycles. The number of ether oxygens (including phenoxy) is 1. The van der Waals surface area contributed by atoms with Crippen molar-refractivity contribution in [2.45, 2.75) is 70.7 Å². The SMILES string of the molecule is CCC1CC(O)C(Cc2ccccc2)N1C(=O)OC(C)(C)C. The first-order valence-corrected chi connectivity index (χ1v) is 8.05. The topological polar surface area (TPSA) is 49.8 Å². The largest absolute Gasteiger partial charge is 0.444 e. The van der Waals surface area contributed by atoms with E-state index in [1.54, 1.807) is 4.90 Å². The second-order valence-corrected chi connectivity index (χ2v) is 7.01. The first-order valence-electron chi connectivity index (χ1n) is 8.05. The highest BCUT2D eigenvalue weighted by atomic mass is 16.6. The zero-order valence-electron chi connectivity index (χ0n) is 14.0. The minimum absolute atomic E-state index is 0.0403. The predicted molar refractivity (Wildman–Crippen MR) is 86.7 cm³/mol. The van der Waals surface area contributed by atoms with Crippen molar-refractivity contribution in [3.63, 3.8) is 0 Å². The molecule has 1 amide bonds. The summed E-state index contributed by atoms with van der Waals surface area (Å²) in [5, 5.41) is 10.4. The molecule has 1 fully saturated rings. The molecule has 0 spiro atoms. The Morgan fingerprint density at radius 2 is 1.95 bits per heavy atom. The van der Waals surface area contributed by atoms with E-state index in [-0.39, 0.29) is 18.2 Å².